The minimum absolute atomic E-state index is 0.388. The highest BCUT2D eigenvalue weighted by molar-refractivity contribution is 6.11. The third-order valence-electron chi connectivity index (χ3n) is 5.17. The number of hydrogen-bond acceptors (Lipinski definition) is 7. The Bertz CT molecular complexity index is 1120. The van der Waals surface area contributed by atoms with Crippen molar-refractivity contribution in [3.8, 4) is 11.3 Å². The summed E-state index contributed by atoms with van der Waals surface area (Å²) in [6.07, 6.45) is 2.40. The number of aryl methyl sites for hydroxylation is 1. The van der Waals surface area contributed by atoms with Crippen LogP contribution in [0.4, 0.5) is 0 Å². The van der Waals surface area contributed by atoms with E-state index < -0.39 is 24.5 Å². The SMILES string of the molecule is Cn1ccc2c1c1c(-c3ccoc3)ncnc1n2[C@@H]1O[C@H](CO)[C@@H](O)[C@H]1O. The second-order valence-electron chi connectivity index (χ2n) is 6.69. The molecule has 0 radical (unpaired) electrons. The van der Waals surface area contributed by atoms with Crippen LogP contribution in [-0.2, 0) is 11.8 Å². The number of rotatable bonds is 3. The molecular weight excluding hydrogens is 352 g/mol. The van der Waals surface area contributed by atoms with Gasteiger partial charge in [0.25, 0.3) is 0 Å². The first-order valence-corrected chi connectivity index (χ1v) is 8.56. The molecule has 0 unspecified atom stereocenters. The highest BCUT2D eigenvalue weighted by Crippen LogP contribution is 2.40. The summed E-state index contributed by atoms with van der Waals surface area (Å²) in [4.78, 5) is 8.86. The molecule has 0 bridgehead atoms. The lowest BCUT2D eigenvalue weighted by molar-refractivity contribution is -0.0489. The summed E-state index contributed by atoms with van der Waals surface area (Å²) in [5.74, 6) is 0. The van der Waals surface area contributed by atoms with E-state index in [1.54, 1.807) is 17.1 Å². The molecule has 5 rings (SSSR count). The average Bonchev–Trinajstić information content (AvgIpc) is 3.43. The van der Waals surface area contributed by atoms with E-state index in [0.29, 0.717) is 11.3 Å². The molecule has 5 heterocycles. The molecule has 0 saturated carbocycles. The maximum atomic E-state index is 10.5. The molecule has 27 heavy (non-hydrogen) atoms. The molecule has 0 aromatic carbocycles. The third kappa shape index (κ3) is 2.20. The minimum Gasteiger partial charge on any atom is -0.472 e. The Balaban J connectivity index is 1.82. The van der Waals surface area contributed by atoms with Gasteiger partial charge in [-0.15, -0.1) is 0 Å². The predicted molar refractivity (Wildman–Crippen MR) is 94.7 cm³/mol. The van der Waals surface area contributed by atoms with Gasteiger partial charge in [0.2, 0.25) is 0 Å². The standard InChI is InChI=1S/C18H18N4O5/c1-21-4-2-10-14(21)12-13(9-3-5-26-7-9)19-8-20-17(12)22(10)18-16(25)15(24)11(6-23)27-18/h2-5,7-8,11,15-16,18,23-25H,6H2,1H3/t11-,15-,16-,18-/m1/s1. The molecule has 0 spiro atoms. The summed E-state index contributed by atoms with van der Waals surface area (Å²) in [7, 11) is 1.91. The van der Waals surface area contributed by atoms with Gasteiger partial charge in [-0.1, -0.05) is 0 Å². The maximum absolute atomic E-state index is 10.5. The molecule has 1 aliphatic heterocycles. The molecule has 1 aliphatic rings. The van der Waals surface area contributed by atoms with Crippen LogP contribution in [-0.4, -0.2) is 59.3 Å². The van der Waals surface area contributed by atoms with Gasteiger partial charge in [-0.05, 0) is 12.1 Å². The quantitative estimate of drug-likeness (QED) is 0.488. The van der Waals surface area contributed by atoms with Crippen LogP contribution in [0, 0.1) is 0 Å². The van der Waals surface area contributed by atoms with Crippen molar-refractivity contribution in [2.24, 2.45) is 7.05 Å². The van der Waals surface area contributed by atoms with Crippen molar-refractivity contribution in [3.63, 3.8) is 0 Å². The van der Waals surface area contributed by atoms with E-state index in [1.165, 1.54) is 6.33 Å². The van der Waals surface area contributed by atoms with Gasteiger partial charge in [-0.3, -0.25) is 4.57 Å². The van der Waals surface area contributed by atoms with Gasteiger partial charge < -0.3 is 29.0 Å². The number of aliphatic hydroxyl groups is 3. The van der Waals surface area contributed by atoms with E-state index in [0.717, 1.165) is 22.0 Å². The first-order chi connectivity index (χ1) is 13.1. The van der Waals surface area contributed by atoms with Crippen molar-refractivity contribution in [3.05, 3.63) is 37.2 Å². The topological polar surface area (TPSA) is 119 Å². The monoisotopic (exact) mass is 370 g/mol. The molecule has 0 aliphatic carbocycles. The molecule has 9 nitrogen and oxygen atoms in total. The zero-order valence-corrected chi connectivity index (χ0v) is 14.4. The lowest BCUT2D eigenvalue weighted by Gasteiger charge is -2.18. The van der Waals surface area contributed by atoms with Crippen LogP contribution in [0.5, 0.6) is 0 Å². The van der Waals surface area contributed by atoms with Gasteiger partial charge in [0, 0.05) is 18.8 Å². The van der Waals surface area contributed by atoms with Crippen LogP contribution in [0.1, 0.15) is 6.23 Å². The van der Waals surface area contributed by atoms with Crippen LogP contribution < -0.4 is 0 Å². The summed E-state index contributed by atoms with van der Waals surface area (Å²) in [6, 6.07) is 3.71. The Morgan fingerprint density at radius 1 is 1.19 bits per heavy atom. The van der Waals surface area contributed by atoms with Crippen LogP contribution in [0.15, 0.2) is 41.6 Å². The minimum atomic E-state index is -1.20. The Labute approximate surface area is 153 Å². The molecule has 4 atom stereocenters. The lowest BCUT2D eigenvalue weighted by Crippen LogP contribution is -2.33. The van der Waals surface area contributed by atoms with Gasteiger partial charge >= 0.3 is 0 Å². The lowest BCUT2D eigenvalue weighted by atomic mass is 10.1. The molecule has 4 aromatic heterocycles. The van der Waals surface area contributed by atoms with Crippen molar-refractivity contribution in [1.82, 2.24) is 19.1 Å². The largest absolute Gasteiger partial charge is 0.472 e. The normalized spacial score (nSPS) is 25.8. The molecule has 4 aromatic rings. The van der Waals surface area contributed by atoms with E-state index in [9.17, 15) is 15.3 Å². The Hall–Kier alpha value is -2.72. The second kappa shape index (κ2) is 5.89. The molecule has 3 N–H and O–H groups in total. The number of hydrogen-bond donors (Lipinski definition) is 3. The first-order valence-electron chi connectivity index (χ1n) is 8.56. The van der Waals surface area contributed by atoms with Gasteiger partial charge in [-0.2, -0.15) is 0 Å². The second-order valence-corrected chi connectivity index (χ2v) is 6.69. The van der Waals surface area contributed by atoms with Crippen LogP contribution in [0.25, 0.3) is 33.3 Å². The fraction of sp³-hybridized carbons (Fsp3) is 0.333. The van der Waals surface area contributed by atoms with Crippen LogP contribution in [0.2, 0.25) is 0 Å². The van der Waals surface area contributed by atoms with Crippen molar-refractivity contribution < 1.29 is 24.5 Å². The first kappa shape index (κ1) is 16.5. The predicted octanol–water partition coefficient (Wildman–Crippen LogP) is 0.794. The number of aliphatic hydroxyl groups excluding tert-OH is 3. The fourth-order valence-corrected chi connectivity index (χ4v) is 3.88. The summed E-state index contributed by atoms with van der Waals surface area (Å²) < 4.78 is 14.7. The molecular formula is C18H18N4O5. The van der Waals surface area contributed by atoms with E-state index in [2.05, 4.69) is 9.97 Å². The number of nitrogens with zero attached hydrogens (tertiary/aromatic N) is 4. The van der Waals surface area contributed by atoms with E-state index in [4.69, 9.17) is 9.15 Å². The van der Waals surface area contributed by atoms with Crippen LogP contribution in [0.3, 0.4) is 0 Å². The number of furan rings is 1. The summed E-state index contributed by atoms with van der Waals surface area (Å²) >= 11 is 0. The van der Waals surface area contributed by atoms with Gasteiger partial charge in [0.05, 0.1) is 41.2 Å². The molecule has 9 heteroatoms. The summed E-state index contributed by atoms with van der Waals surface area (Å²) in [5, 5.41) is 30.9. The fourth-order valence-electron chi connectivity index (χ4n) is 3.88. The number of fused-ring (bicyclic) bond motifs is 3. The Kier molecular flexibility index (Phi) is 3.59. The average molecular weight is 370 g/mol. The molecule has 1 fully saturated rings. The smallest absolute Gasteiger partial charge is 0.165 e. The van der Waals surface area contributed by atoms with E-state index in [1.807, 2.05) is 29.9 Å². The number of aromatic nitrogens is 4. The molecule has 1 saturated heterocycles. The van der Waals surface area contributed by atoms with Crippen molar-refractivity contribution in [1.29, 1.82) is 0 Å². The van der Waals surface area contributed by atoms with Crippen molar-refractivity contribution in [2.75, 3.05) is 6.61 Å². The highest BCUT2D eigenvalue weighted by atomic mass is 16.6. The van der Waals surface area contributed by atoms with E-state index >= 15 is 0 Å². The van der Waals surface area contributed by atoms with Crippen molar-refractivity contribution >= 4 is 22.1 Å². The summed E-state index contributed by atoms with van der Waals surface area (Å²) in [6.45, 7) is -0.388. The van der Waals surface area contributed by atoms with Gasteiger partial charge in [0.1, 0.15) is 30.3 Å². The van der Waals surface area contributed by atoms with E-state index in [-0.39, 0.29) is 6.61 Å². The zero-order valence-electron chi connectivity index (χ0n) is 14.4. The van der Waals surface area contributed by atoms with Gasteiger partial charge in [0.15, 0.2) is 6.23 Å². The Morgan fingerprint density at radius 3 is 2.74 bits per heavy atom. The maximum Gasteiger partial charge on any atom is 0.165 e. The number of ether oxygens (including phenoxy) is 1. The summed E-state index contributed by atoms with van der Waals surface area (Å²) in [5.41, 5.74) is 3.74. The molecule has 140 valence electrons. The highest BCUT2D eigenvalue weighted by Gasteiger charge is 2.44. The third-order valence-corrected chi connectivity index (χ3v) is 5.17. The molecule has 0 amide bonds. The van der Waals surface area contributed by atoms with Gasteiger partial charge in [-0.25, -0.2) is 9.97 Å². The van der Waals surface area contributed by atoms with Crippen molar-refractivity contribution in [2.45, 2.75) is 24.5 Å². The Morgan fingerprint density at radius 2 is 2.04 bits per heavy atom. The zero-order chi connectivity index (χ0) is 18.7. The van der Waals surface area contributed by atoms with Crippen LogP contribution >= 0.6 is 0 Å².